The second-order valence-electron chi connectivity index (χ2n) is 7.01. The minimum atomic E-state index is -0.447. The molecule has 1 aliphatic heterocycles. The van der Waals surface area contributed by atoms with E-state index in [4.69, 9.17) is 18.9 Å². The number of esters is 1. The zero-order valence-corrected chi connectivity index (χ0v) is 18.0. The smallest absolute Gasteiger partial charge is 0.344 e. The molecule has 0 bridgehead atoms. The predicted molar refractivity (Wildman–Crippen MR) is 118 cm³/mol. The molecule has 0 saturated heterocycles. The molecule has 2 aromatic carbocycles. The van der Waals surface area contributed by atoms with Crippen LogP contribution in [0.25, 0.3) is 6.08 Å². The molecule has 0 saturated carbocycles. The van der Waals surface area contributed by atoms with E-state index in [2.05, 4.69) is 5.32 Å². The Bertz CT molecular complexity index is 969. The Hall–Kier alpha value is -3.48. The number of hydrogen-bond acceptors (Lipinski definition) is 6. The molecule has 1 atom stereocenters. The number of benzene rings is 2. The largest absolute Gasteiger partial charge is 0.493 e. The van der Waals surface area contributed by atoms with Gasteiger partial charge >= 0.3 is 5.97 Å². The van der Waals surface area contributed by atoms with Crippen molar-refractivity contribution >= 4 is 23.6 Å². The maximum Gasteiger partial charge on any atom is 0.344 e. The molecule has 1 N–H and O–H groups in total. The second-order valence-corrected chi connectivity index (χ2v) is 7.01. The first-order chi connectivity index (χ1) is 15.0. The van der Waals surface area contributed by atoms with Gasteiger partial charge in [-0.15, -0.1) is 0 Å². The lowest BCUT2D eigenvalue weighted by atomic mass is 10.1. The molecule has 31 heavy (non-hydrogen) atoms. The summed E-state index contributed by atoms with van der Waals surface area (Å²) in [6.07, 6.45) is 4.11. The molecule has 0 spiro atoms. The van der Waals surface area contributed by atoms with Gasteiger partial charge in [-0.1, -0.05) is 6.07 Å². The van der Waals surface area contributed by atoms with Crippen LogP contribution in [0, 0.1) is 0 Å². The summed E-state index contributed by atoms with van der Waals surface area (Å²) in [5.41, 5.74) is 2.43. The summed E-state index contributed by atoms with van der Waals surface area (Å²) in [6.45, 7) is 6.31. The van der Waals surface area contributed by atoms with Crippen LogP contribution in [0.2, 0.25) is 0 Å². The minimum absolute atomic E-state index is 0.130. The van der Waals surface area contributed by atoms with Crippen molar-refractivity contribution in [2.24, 2.45) is 0 Å². The predicted octanol–water partition coefficient (Wildman–Crippen LogP) is 4.00. The second kappa shape index (κ2) is 10.5. The zero-order chi connectivity index (χ0) is 22.2. The van der Waals surface area contributed by atoms with E-state index in [1.165, 1.54) is 6.08 Å². The van der Waals surface area contributed by atoms with Crippen LogP contribution in [0.1, 0.15) is 31.9 Å². The van der Waals surface area contributed by atoms with Gasteiger partial charge in [0.2, 0.25) is 5.91 Å². The first-order valence-electron chi connectivity index (χ1n) is 10.3. The molecule has 1 aliphatic rings. The third-order valence-corrected chi connectivity index (χ3v) is 4.51. The monoisotopic (exact) mass is 425 g/mol. The summed E-state index contributed by atoms with van der Waals surface area (Å²) in [6, 6.07) is 10.7. The highest BCUT2D eigenvalue weighted by atomic mass is 16.6. The van der Waals surface area contributed by atoms with Gasteiger partial charge in [0, 0.05) is 35.4 Å². The van der Waals surface area contributed by atoms with E-state index in [9.17, 15) is 9.59 Å². The van der Waals surface area contributed by atoms with E-state index in [0.29, 0.717) is 24.7 Å². The molecule has 0 aromatic heterocycles. The Morgan fingerprint density at radius 1 is 1.16 bits per heavy atom. The first-order valence-corrected chi connectivity index (χ1v) is 10.3. The Kier molecular flexibility index (Phi) is 7.54. The fourth-order valence-corrected chi connectivity index (χ4v) is 3.22. The van der Waals surface area contributed by atoms with Crippen molar-refractivity contribution in [1.82, 2.24) is 0 Å². The highest BCUT2D eigenvalue weighted by Gasteiger charge is 2.21. The van der Waals surface area contributed by atoms with Crippen molar-refractivity contribution < 1.29 is 28.5 Å². The van der Waals surface area contributed by atoms with E-state index in [1.54, 1.807) is 37.3 Å². The van der Waals surface area contributed by atoms with Crippen molar-refractivity contribution in [1.29, 1.82) is 0 Å². The molecule has 1 amide bonds. The first kappa shape index (κ1) is 22.2. The number of carbonyl (C=O) groups excluding carboxylic acids is 2. The van der Waals surface area contributed by atoms with Crippen molar-refractivity contribution in [3.8, 4) is 17.2 Å². The van der Waals surface area contributed by atoms with E-state index in [0.717, 1.165) is 29.0 Å². The van der Waals surface area contributed by atoms with Gasteiger partial charge in [0.1, 0.15) is 23.4 Å². The highest BCUT2D eigenvalue weighted by Crippen LogP contribution is 2.35. The number of amides is 1. The maximum atomic E-state index is 12.4. The molecule has 7 heteroatoms. The fourth-order valence-electron chi connectivity index (χ4n) is 3.22. The molecule has 3 rings (SSSR count). The standard InChI is InChI=1S/C24H27NO6/c1-4-28-21-13-18-11-16(3)31-22(18)12-17(21)9-10-23(26)25-19-7-6-8-20(14-19)30-15-24(27)29-5-2/h6-10,12-14,16H,4-5,11,15H2,1-3H3,(H,25,26)/b10-9+. The van der Waals surface area contributed by atoms with Crippen LogP contribution in [0.15, 0.2) is 42.5 Å². The van der Waals surface area contributed by atoms with Crippen LogP contribution >= 0.6 is 0 Å². The summed E-state index contributed by atoms with van der Waals surface area (Å²) in [4.78, 5) is 23.8. The molecule has 7 nitrogen and oxygen atoms in total. The third-order valence-electron chi connectivity index (χ3n) is 4.51. The van der Waals surface area contributed by atoms with Gasteiger partial charge in [-0.25, -0.2) is 4.79 Å². The number of carbonyl (C=O) groups is 2. The molecule has 0 fully saturated rings. The van der Waals surface area contributed by atoms with Crippen molar-refractivity contribution in [3.05, 3.63) is 53.6 Å². The van der Waals surface area contributed by atoms with Gasteiger partial charge in [-0.05, 0) is 51.1 Å². The summed E-state index contributed by atoms with van der Waals surface area (Å²) < 4.78 is 21.8. The molecule has 0 radical (unpaired) electrons. The Labute approximate surface area is 181 Å². The quantitative estimate of drug-likeness (QED) is 0.483. The number of nitrogens with one attached hydrogen (secondary N) is 1. The number of rotatable bonds is 9. The Balaban J connectivity index is 1.65. The van der Waals surface area contributed by atoms with Crippen LogP contribution in [-0.2, 0) is 20.7 Å². The van der Waals surface area contributed by atoms with E-state index >= 15 is 0 Å². The number of ether oxygens (including phenoxy) is 4. The van der Waals surface area contributed by atoms with Gasteiger partial charge in [-0.2, -0.15) is 0 Å². The average molecular weight is 425 g/mol. The van der Waals surface area contributed by atoms with E-state index in [1.807, 2.05) is 26.0 Å². The van der Waals surface area contributed by atoms with Crippen LogP contribution in [0.3, 0.4) is 0 Å². The van der Waals surface area contributed by atoms with E-state index in [-0.39, 0.29) is 18.6 Å². The fraction of sp³-hybridized carbons (Fsp3) is 0.333. The van der Waals surface area contributed by atoms with Crippen LogP contribution in [0.5, 0.6) is 17.2 Å². The maximum absolute atomic E-state index is 12.4. The van der Waals surface area contributed by atoms with Crippen LogP contribution in [0.4, 0.5) is 5.69 Å². The number of fused-ring (bicyclic) bond motifs is 1. The van der Waals surface area contributed by atoms with Crippen LogP contribution < -0.4 is 19.5 Å². The zero-order valence-electron chi connectivity index (χ0n) is 18.0. The Morgan fingerprint density at radius 3 is 2.77 bits per heavy atom. The molecule has 1 heterocycles. The number of hydrogen-bond donors (Lipinski definition) is 1. The SMILES string of the molecule is CCOC(=O)COc1cccc(NC(=O)/C=C/c2cc3c(cc2OCC)CC(C)O3)c1. The number of anilines is 1. The molecule has 2 aromatic rings. The van der Waals surface area contributed by atoms with Gasteiger partial charge in [0.05, 0.1) is 13.2 Å². The molecular formula is C24H27NO6. The lowest BCUT2D eigenvalue weighted by molar-refractivity contribution is -0.145. The average Bonchev–Trinajstić information content (AvgIpc) is 3.10. The van der Waals surface area contributed by atoms with Gasteiger partial charge in [0.25, 0.3) is 0 Å². The van der Waals surface area contributed by atoms with Gasteiger partial charge in [0.15, 0.2) is 6.61 Å². The highest BCUT2D eigenvalue weighted by molar-refractivity contribution is 6.02. The summed E-state index contributed by atoms with van der Waals surface area (Å²) in [7, 11) is 0. The van der Waals surface area contributed by atoms with Crippen molar-refractivity contribution in [3.63, 3.8) is 0 Å². The lowest BCUT2D eigenvalue weighted by Crippen LogP contribution is -2.14. The summed E-state index contributed by atoms with van der Waals surface area (Å²) >= 11 is 0. The normalized spacial score (nSPS) is 14.6. The summed E-state index contributed by atoms with van der Waals surface area (Å²) in [5.74, 6) is 1.25. The molecule has 0 aliphatic carbocycles. The van der Waals surface area contributed by atoms with Gasteiger partial charge in [-0.3, -0.25) is 4.79 Å². The topological polar surface area (TPSA) is 83.1 Å². The van der Waals surface area contributed by atoms with Crippen molar-refractivity contribution in [2.45, 2.75) is 33.3 Å². The minimum Gasteiger partial charge on any atom is -0.493 e. The summed E-state index contributed by atoms with van der Waals surface area (Å²) in [5, 5.41) is 2.78. The molecular weight excluding hydrogens is 398 g/mol. The Morgan fingerprint density at radius 2 is 2.00 bits per heavy atom. The molecule has 164 valence electrons. The molecule has 1 unspecified atom stereocenters. The van der Waals surface area contributed by atoms with E-state index < -0.39 is 5.97 Å². The van der Waals surface area contributed by atoms with Gasteiger partial charge < -0.3 is 24.3 Å². The van der Waals surface area contributed by atoms with Crippen LogP contribution in [-0.4, -0.2) is 37.8 Å². The van der Waals surface area contributed by atoms with Crippen molar-refractivity contribution in [2.75, 3.05) is 25.1 Å². The third kappa shape index (κ3) is 6.25. The lowest BCUT2D eigenvalue weighted by Gasteiger charge is -2.10.